The number of anilines is 1. The first-order valence-corrected chi connectivity index (χ1v) is 9.36. The van der Waals surface area contributed by atoms with Crippen LogP contribution in [0, 0.1) is 0 Å². The van der Waals surface area contributed by atoms with Crippen LogP contribution in [-0.4, -0.2) is 27.3 Å². The minimum atomic E-state index is -0.380. The number of Topliss-reactive ketones (excluding diaryl/α,β-unsaturated/α-hetero) is 1. The van der Waals surface area contributed by atoms with E-state index in [0.29, 0.717) is 17.8 Å². The number of para-hydroxylation sites is 1. The molecule has 1 aliphatic carbocycles. The quantitative estimate of drug-likeness (QED) is 0.763. The average Bonchev–Trinajstić information content (AvgIpc) is 3.05. The number of unbranched alkanes of at least 4 members (excludes halogenated alkanes) is 1. The van der Waals surface area contributed by atoms with Crippen molar-refractivity contribution in [3.8, 4) is 0 Å². The van der Waals surface area contributed by atoms with Crippen molar-refractivity contribution in [2.75, 3.05) is 5.32 Å². The lowest BCUT2D eigenvalue weighted by molar-refractivity contribution is 0.0948. The molecule has 0 saturated heterocycles. The Labute approximate surface area is 163 Å². The molecule has 2 aromatic rings. The Morgan fingerprint density at radius 1 is 1.18 bits per heavy atom. The number of nitrogens with one attached hydrogen (secondary N) is 1. The Morgan fingerprint density at radius 3 is 2.54 bits per heavy atom. The number of rotatable bonds is 6. The number of nitrogens with zero attached hydrogens (tertiary/aromatic N) is 2. The number of aromatic nitrogens is 2. The first kappa shape index (κ1) is 19.5. The second kappa shape index (κ2) is 8.17. The monoisotopic (exact) mass is 377 g/mol. The van der Waals surface area contributed by atoms with E-state index in [4.69, 9.17) is 0 Å². The molecule has 0 radical (unpaired) electrons. The number of allylic oxidation sites excluding steroid dienone is 4. The van der Waals surface area contributed by atoms with Crippen molar-refractivity contribution in [3.05, 3.63) is 70.7 Å². The summed E-state index contributed by atoms with van der Waals surface area (Å²) < 4.78 is 1.21. The maximum atomic E-state index is 13.1. The van der Waals surface area contributed by atoms with Crippen molar-refractivity contribution in [1.29, 1.82) is 0 Å². The van der Waals surface area contributed by atoms with Gasteiger partial charge < -0.3 is 5.32 Å². The Morgan fingerprint density at radius 2 is 1.89 bits per heavy atom. The van der Waals surface area contributed by atoms with Crippen LogP contribution in [-0.2, 0) is 6.42 Å². The highest BCUT2D eigenvalue weighted by atomic mass is 16.2. The summed E-state index contributed by atoms with van der Waals surface area (Å²) in [6.07, 6.45) is 4.89. The molecule has 1 heterocycles. The van der Waals surface area contributed by atoms with E-state index in [2.05, 4.69) is 10.4 Å². The third-order valence-electron chi connectivity index (χ3n) is 4.40. The summed E-state index contributed by atoms with van der Waals surface area (Å²) in [5.74, 6) is -1.05. The zero-order valence-electron chi connectivity index (χ0n) is 16.3. The Hall–Kier alpha value is -3.28. The molecule has 1 N–H and O–H groups in total. The van der Waals surface area contributed by atoms with E-state index >= 15 is 0 Å². The van der Waals surface area contributed by atoms with Gasteiger partial charge in [-0.1, -0.05) is 37.1 Å². The summed E-state index contributed by atoms with van der Waals surface area (Å²) in [4.78, 5) is 38.4. The largest absolute Gasteiger partial charge is 0.352 e. The van der Waals surface area contributed by atoms with E-state index in [1.165, 1.54) is 16.8 Å². The van der Waals surface area contributed by atoms with E-state index in [1.807, 2.05) is 51.1 Å². The van der Waals surface area contributed by atoms with Crippen molar-refractivity contribution >= 4 is 23.2 Å². The van der Waals surface area contributed by atoms with Crippen LogP contribution >= 0.6 is 0 Å². The van der Waals surface area contributed by atoms with Crippen molar-refractivity contribution in [1.82, 2.24) is 9.78 Å². The molecular formula is C22H23N3O3. The van der Waals surface area contributed by atoms with Gasteiger partial charge in [0.25, 0.3) is 5.91 Å². The average molecular weight is 377 g/mol. The van der Waals surface area contributed by atoms with Gasteiger partial charge in [-0.25, -0.2) is 0 Å². The number of ketones is 2. The van der Waals surface area contributed by atoms with Gasteiger partial charge in [-0.2, -0.15) is 9.78 Å². The molecule has 0 unspecified atom stereocenters. The van der Waals surface area contributed by atoms with Gasteiger partial charge in [0.15, 0.2) is 0 Å². The third kappa shape index (κ3) is 3.86. The summed E-state index contributed by atoms with van der Waals surface area (Å²) in [5, 5.41) is 7.22. The lowest BCUT2D eigenvalue weighted by atomic mass is 9.94. The highest BCUT2D eigenvalue weighted by Crippen LogP contribution is 2.27. The van der Waals surface area contributed by atoms with E-state index in [0.717, 1.165) is 18.4 Å². The fraction of sp³-hybridized carbons (Fsp3) is 0.273. The molecule has 144 valence electrons. The van der Waals surface area contributed by atoms with Crippen LogP contribution < -0.4 is 5.32 Å². The van der Waals surface area contributed by atoms with Crippen LogP contribution in [0.3, 0.4) is 0 Å². The Balaban J connectivity index is 2.05. The summed E-state index contributed by atoms with van der Waals surface area (Å²) in [6, 6.07) is 9.17. The van der Waals surface area contributed by atoms with Crippen LogP contribution in [0.1, 0.15) is 64.9 Å². The highest BCUT2D eigenvalue weighted by Gasteiger charge is 2.34. The zero-order chi connectivity index (χ0) is 20.3. The zero-order valence-corrected chi connectivity index (χ0v) is 16.3. The van der Waals surface area contributed by atoms with Crippen molar-refractivity contribution in [2.24, 2.45) is 0 Å². The molecule has 0 amide bonds. The Bertz CT molecular complexity index is 994. The van der Waals surface area contributed by atoms with Gasteiger partial charge in [0.1, 0.15) is 5.69 Å². The van der Waals surface area contributed by atoms with Crippen LogP contribution in [0.25, 0.3) is 0 Å². The molecule has 1 aromatic heterocycles. The smallest absolute Gasteiger partial charge is 0.271 e. The fourth-order valence-corrected chi connectivity index (χ4v) is 3.10. The summed E-state index contributed by atoms with van der Waals surface area (Å²) in [5.41, 5.74) is 2.50. The van der Waals surface area contributed by atoms with Gasteiger partial charge >= 0.3 is 0 Å². The molecule has 3 rings (SSSR count). The Kier molecular flexibility index (Phi) is 5.68. The normalized spacial score (nSPS) is 13.0. The van der Waals surface area contributed by atoms with Crippen LogP contribution in [0.5, 0.6) is 0 Å². The molecule has 0 spiro atoms. The molecule has 1 aliphatic rings. The lowest BCUT2D eigenvalue weighted by Gasteiger charge is -2.14. The molecule has 0 atom stereocenters. The van der Waals surface area contributed by atoms with Gasteiger partial charge in [-0.05, 0) is 38.8 Å². The summed E-state index contributed by atoms with van der Waals surface area (Å²) >= 11 is 0. The van der Waals surface area contributed by atoms with E-state index in [-0.39, 0.29) is 34.4 Å². The molecule has 6 heteroatoms. The maximum absolute atomic E-state index is 13.1. The van der Waals surface area contributed by atoms with Crippen molar-refractivity contribution < 1.29 is 14.4 Å². The van der Waals surface area contributed by atoms with Crippen molar-refractivity contribution in [3.63, 3.8) is 0 Å². The van der Waals surface area contributed by atoms with E-state index in [9.17, 15) is 14.4 Å². The van der Waals surface area contributed by atoms with Crippen LogP contribution in [0.4, 0.5) is 5.69 Å². The molecule has 6 nitrogen and oxygen atoms in total. The minimum Gasteiger partial charge on any atom is -0.352 e. The molecule has 0 fully saturated rings. The van der Waals surface area contributed by atoms with Gasteiger partial charge in [-0.15, -0.1) is 0 Å². The number of carbonyl (C=O) groups is 3. The van der Waals surface area contributed by atoms with E-state index in [1.54, 1.807) is 0 Å². The lowest BCUT2D eigenvalue weighted by Crippen LogP contribution is -2.22. The van der Waals surface area contributed by atoms with E-state index < -0.39 is 0 Å². The SMILES string of the molecule is CCCCc1c2c(nn1C(=O)C=C(C)C)C(=O)C=C(Nc1ccccc1)C2=O. The second-order valence-electron chi connectivity index (χ2n) is 6.99. The molecule has 0 aliphatic heterocycles. The third-order valence-corrected chi connectivity index (χ3v) is 4.40. The number of fused-ring (bicyclic) bond motifs is 1. The number of hydrogen-bond donors (Lipinski definition) is 1. The molecule has 0 bridgehead atoms. The minimum absolute atomic E-state index is 0.0465. The highest BCUT2D eigenvalue weighted by molar-refractivity contribution is 6.25. The maximum Gasteiger partial charge on any atom is 0.271 e. The molecule has 0 saturated carbocycles. The summed E-state index contributed by atoms with van der Waals surface area (Å²) in [7, 11) is 0. The first-order chi connectivity index (χ1) is 13.4. The van der Waals surface area contributed by atoms with Gasteiger partial charge in [-0.3, -0.25) is 14.4 Å². The van der Waals surface area contributed by atoms with Gasteiger partial charge in [0.2, 0.25) is 11.6 Å². The predicted octanol–water partition coefficient (Wildman–Crippen LogP) is 4.21. The van der Waals surface area contributed by atoms with Gasteiger partial charge in [0, 0.05) is 17.8 Å². The number of hydrogen-bond acceptors (Lipinski definition) is 5. The van der Waals surface area contributed by atoms with Crippen molar-refractivity contribution in [2.45, 2.75) is 40.0 Å². The van der Waals surface area contributed by atoms with Crippen LogP contribution in [0.2, 0.25) is 0 Å². The predicted molar refractivity (Wildman–Crippen MR) is 108 cm³/mol. The molecule has 28 heavy (non-hydrogen) atoms. The van der Waals surface area contributed by atoms with Crippen LogP contribution in [0.15, 0.2) is 53.8 Å². The molecular weight excluding hydrogens is 354 g/mol. The molecule has 1 aromatic carbocycles. The fourth-order valence-electron chi connectivity index (χ4n) is 3.10. The first-order valence-electron chi connectivity index (χ1n) is 9.36. The summed E-state index contributed by atoms with van der Waals surface area (Å²) in [6.45, 7) is 5.65. The topological polar surface area (TPSA) is 81.1 Å². The second-order valence-corrected chi connectivity index (χ2v) is 6.99. The standard InChI is InChI=1S/C22H23N3O3/c1-4-5-11-17-20-21(24-25(17)19(27)12-14(2)3)18(26)13-16(22(20)28)23-15-9-7-6-8-10-15/h6-10,12-13,23H,4-5,11H2,1-3H3. The number of benzene rings is 1. The van der Waals surface area contributed by atoms with Gasteiger partial charge in [0.05, 0.1) is 17.0 Å². The number of carbonyl (C=O) groups excluding carboxylic acids is 3.